The molecule has 0 aliphatic carbocycles. The first-order valence-electron chi connectivity index (χ1n) is 3.21. The molecule has 0 amide bonds. The van der Waals surface area contributed by atoms with Crippen molar-refractivity contribution in [3.05, 3.63) is 0 Å². The summed E-state index contributed by atoms with van der Waals surface area (Å²) in [6, 6.07) is 0. The maximum atomic E-state index is 3.76. The van der Waals surface area contributed by atoms with E-state index in [-0.39, 0.29) is 47.9 Å². The minimum absolute atomic E-state index is 0. The third-order valence-corrected chi connectivity index (χ3v) is 1.10. The molecule has 0 rings (SSSR count). The second-order valence-electron chi connectivity index (χ2n) is 1.91. The van der Waals surface area contributed by atoms with Crippen LogP contribution in [0.1, 0.15) is 32.6 Å². The van der Waals surface area contributed by atoms with Gasteiger partial charge in [-0.2, -0.15) is 0 Å². The van der Waals surface area contributed by atoms with Crippen molar-refractivity contribution < 1.29 is 29.7 Å². The number of unbranched alkanes of at least 4 members (excludes halogenated alkanes) is 3. The van der Waals surface area contributed by atoms with E-state index < -0.39 is 0 Å². The van der Waals surface area contributed by atoms with E-state index in [9.17, 15) is 0 Å². The van der Waals surface area contributed by atoms with Crippen molar-refractivity contribution in [2.45, 2.75) is 32.6 Å². The van der Waals surface area contributed by atoms with Gasteiger partial charge in [-0.1, -0.05) is 19.8 Å². The summed E-state index contributed by atoms with van der Waals surface area (Å²) in [4.78, 5) is 0. The van der Waals surface area contributed by atoms with E-state index in [4.69, 9.17) is 0 Å². The molecule has 0 spiro atoms. The summed E-state index contributed by atoms with van der Waals surface area (Å²) in [7, 11) is 0. The zero-order chi connectivity index (χ0) is 5.54. The molecular formula is C6H16INSn. The van der Waals surface area contributed by atoms with E-state index in [0.29, 0.717) is 0 Å². The van der Waals surface area contributed by atoms with Crippen LogP contribution in [0, 0.1) is 0 Å². The maximum absolute atomic E-state index is 3.76. The standard InChI is InChI=1S/C6H15N.HI.Sn/c1-2-3-4-5-6-7;;/h2-7H2,1H3;1H;. The van der Waals surface area contributed by atoms with Gasteiger partial charge in [0, 0.05) is 23.9 Å². The molecule has 56 valence electrons. The summed E-state index contributed by atoms with van der Waals surface area (Å²) >= 11 is 0. The molecule has 0 bridgehead atoms. The summed E-state index contributed by atoms with van der Waals surface area (Å²) in [6.07, 6.45) is 5.41. The molecule has 0 saturated heterocycles. The first-order valence-corrected chi connectivity index (χ1v) is 3.21. The molecule has 0 saturated carbocycles. The average molecular weight is 348 g/mol. The minimum atomic E-state index is 0. The molecule has 0 aromatic rings. The predicted molar refractivity (Wildman–Crippen MR) is 37.7 cm³/mol. The van der Waals surface area contributed by atoms with E-state index in [1.54, 1.807) is 0 Å². The van der Waals surface area contributed by atoms with Gasteiger partial charge in [-0.3, -0.25) is 0 Å². The summed E-state index contributed by atoms with van der Waals surface area (Å²) < 4.78 is 0. The molecule has 9 heavy (non-hydrogen) atoms. The SMILES string of the molecule is CCCCCC[NH3+].[I-].[Sn]. The molecule has 4 radical (unpaired) electrons. The Balaban J connectivity index is -0.000000180. The van der Waals surface area contributed by atoms with Gasteiger partial charge in [-0.25, -0.2) is 0 Å². The van der Waals surface area contributed by atoms with Gasteiger partial charge < -0.3 is 29.7 Å². The Labute approximate surface area is 92.1 Å². The third kappa shape index (κ3) is 17.7. The molecular weight excluding hydrogens is 332 g/mol. The van der Waals surface area contributed by atoms with Crippen LogP contribution in [0.25, 0.3) is 0 Å². The van der Waals surface area contributed by atoms with Crippen LogP contribution in [0.15, 0.2) is 0 Å². The van der Waals surface area contributed by atoms with E-state index in [1.165, 1.54) is 25.7 Å². The average Bonchev–Trinajstić information content (AvgIpc) is 1.69. The molecule has 3 heteroatoms. The van der Waals surface area contributed by atoms with E-state index in [1.807, 2.05) is 0 Å². The Hall–Kier alpha value is 1.49. The number of hydrogen-bond donors (Lipinski definition) is 1. The zero-order valence-corrected chi connectivity index (χ0v) is 11.1. The summed E-state index contributed by atoms with van der Waals surface area (Å²) in [6.45, 7) is 3.34. The molecule has 0 aromatic carbocycles. The molecule has 0 aromatic heterocycles. The van der Waals surface area contributed by atoms with Gasteiger partial charge in [-0.05, 0) is 12.8 Å². The molecule has 0 aliphatic heterocycles. The van der Waals surface area contributed by atoms with E-state index in [0.717, 1.165) is 6.54 Å². The topological polar surface area (TPSA) is 27.6 Å². The Kier molecular flexibility index (Phi) is 30.4. The summed E-state index contributed by atoms with van der Waals surface area (Å²) in [5.74, 6) is 0. The molecule has 0 unspecified atom stereocenters. The fourth-order valence-corrected chi connectivity index (χ4v) is 0.604. The summed E-state index contributed by atoms with van der Waals surface area (Å²) in [5.41, 5.74) is 3.76. The third-order valence-electron chi connectivity index (χ3n) is 1.10. The van der Waals surface area contributed by atoms with Gasteiger partial charge in [0.15, 0.2) is 0 Å². The van der Waals surface area contributed by atoms with Crippen molar-refractivity contribution in [3.63, 3.8) is 0 Å². The monoisotopic (exact) mass is 349 g/mol. The largest absolute Gasteiger partial charge is 1.00 e. The van der Waals surface area contributed by atoms with Crippen LogP contribution in [0.3, 0.4) is 0 Å². The molecule has 3 N–H and O–H groups in total. The second kappa shape index (κ2) is 16.2. The van der Waals surface area contributed by atoms with Gasteiger partial charge in [0.25, 0.3) is 0 Å². The van der Waals surface area contributed by atoms with Crippen molar-refractivity contribution >= 4 is 23.9 Å². The van der Waals surface area contributed by atoms with Crippen LogP contribution in [-0.4, -0.2) is 30.5 Å². The quantitative estimate of drug-likeness (QED) is 0.329. The Morgan fingerprint density at radius 1 is 1.11 bits per heavy atom. The normalized spacial score (nSPS) is 7.33. The van der Waals surface area contributed by atoms with Crippen LogP contribution in [-0.2, 0) is 0 Å². The van der Waals surface area contributed by atoms with Gasteiger partial charge in [0.05, 0.1) is 6.54 Å². The number of hydrogen-bond acceptors (Lipinski definition) is 0. The zero-order valence-electron chi connectivity index (χ0n) is 6.12. The van der Waals surface area contributed by atoms with Gasteiger partial charge in [-0.15, -0.1) is 0 Å². The second-order valence-corrected chi connectivity index (χ2v) is 1.91. The van der Waals surface area contributed by atoms with E-state index >= 15 is 0 Å². The van der Waals surface area contributed by atoms with Crippen molar-refractivity contribution in [1.29, 1.82) is 0 Å². The molecule has 0 heterocycles. The number of rotatable bonds is 4. The first kappa shape index (κ1) is 16.8. The molecule has 1 nitrogen and oxygen atoms in total. The minimum Gasteiger partial charge on any atom is -1.00 e. The summed E-state index contributed by atoms with van der Waals surface area (Å²) in [5, 5.41) is 0. The predicted octanol–water partition coefficient (Wildman–Crippen LogP) is -2.57. The molecule has 0 fully saturated rings. The maximum Gasteiger partial charge on any atom is 0.0739 e. The fraction of sp³-hybridized carbons (Fsp3) is 1.00. The van der Waals surface area contributed by atoms with Crippen molar-refractivity contribution in [2.24, 2.45) is 0 Å². The fourth-order valence-electron chi connectivity index (χ4n) is 0.604. The van der Waals surface area contributed by atoms with Crippen molar-refractivity contribution in [2.75, 3.05) is 6.54 Å². The number of quaternary nitrogens is 1. The van der Waals surface area contributed by atoms with Gasteiger partial charge in [0.1, 0.15) is 0 Å². The van der Waals surface area contributed by atoms with E-state index in [2.05, 4.69) is 12.7 Å². The van der Waals surface area contributed by atoms with Crippen LogP contribution in [0.5, 0.6) is 0 Å². The van der Waals surface area contributed by atoms with Crippen molar-refractivity contribution in [3.8, 4) is 0 Å². The van der Waals surface area contributed by atoms with Gasteiger partial charge in [0.2, 0.25) is 0 Å². The molecule has 0 aliphatic rings. The van der Waals surface area contributed by atoms with Crippen molar-refractivity contribution in [1.82, 2.24) is 0 Å². The Bertz CT molecular complexity index is 32.2. The first-order chi connectivity index (χ1) is 3.41. The Morgan fingerprint density at radius 2 is 1.67 bits per heavy atom. The van der Waals surface area contributed by atoms with Crippen LogP contribution < -0.4 is 29.7 Å². The Morgan fingerprint density at radius 3 is 2.00 bits per heavy atom. The van der Waals surface area contributed by atoms with Crippen LogP contribution in [0.2, 0.25) is 0 Å². The smallest absolute Gasteiger partial charge is 0.0739 e. The number of halogens is 1. The van der Waals surface area contributed by atoms with Crippen LogP contribution in [0.4, 0.5) is 0 Å². The van der Waals surface area contributed by atoms with Gasteiger partial charge >= 0.3 is 0 Å². The van der Waals surface area contributed by atoms with Crippen LogP contribution >= 0.6 is 0 Å². The molecule has 0 atom stereocenters.